The van der Waals surface area contributed by atoms with E-state index < -0.39 is 17.5 Å². The van der Waals surface area contributed by atoms with E-state index in [9.17, 15) is 13.6 Å². The van der Waals surface area contributed by atoms with E-state index in [1.807, 2.05) is 23.9 Å². The highest BCUT2D eigenvalue weighted by Gasteiger charge is 2.14. The Morgan fingerprint density at radius 2 is 1.97 bits per heavy atom. The van der Waals surface area contributed by atoms with Crippen molar-refractivity contribution in [2.75, 3.05) is 49.8 Å². The number of anilines is 3. The minimum absolute atomic E-state index is 0.0588. The summed E-state index contributed by atoms with van der Waals surface area (Å²) in [6.07, 6.45) is 3.28. The number of hydrogen-bond donors (Lipinski definition) is 3. The lowest BCUT2D eigenvalue weighted by Gasteiger charge is -2.24. The summed E-state index contributed by atoms with van der Waals surface area (Å²) in [7, 11) is 3.73. The van der Waals surface area contributed by atoms with Crippen molar-refractivity contribution in [2.45, 2.75) is 6.54 Å². The first-order chi connectivity index (χ1) is 16.8. The average molecular weight is 485 g/mol. The molecule has 12 heteroatoms. The Balaban J connectivity index is 1.35. The fourth-order valence-corrected chi connectivity index (χ4v) is 3.57. The maximum Gasteiger partial charge on any atom is 0.305 e. The van der Waals surface area contributed by atoms with Gasteiger partial charge < -0.3 is 24.5 Å². The van der Waals surface area contributed by atoms with Gasteiger partial charge in [-0.05, 0) is 37.4 Å². The summed E-state index contributed by atoms with van der Waals surface area (Å²) >= 11 is 0. The van der Waals surface area contributed by atoms with Gasteiger partial charge in [-0.3, -0.25) is 15.6 Å². The van der Waals surface area contributed by atoms with Gasteiger partial charge in [0.05, 0.1) is 17.3 Å². The Morgan fingerprint density at radius 1 is 1.14 bits per heavy atom. The van der Waals surface area contributed by atoms with Crippen LogP contribution in [0.3, 0.4) is 0 Å². The number of fused-ring (bicyclic) bond motifs is 1. The highest BCUT2D eigenvalue weighted by atomic mass is 19.1. The smallest absolute Gasteiger partial charge is 0.305 e. The van der Waals surface area contributed by atoms with Gasteiger partial charge in [-0.25, -0.2) is 8.78 Å². The van der Waals surface area contributed by atoms with E-state index in [1.54, 1.807) is 24.1 Å². The van der Waals surface area contributed by atoms with Crippen LogP contribution >= 0.6 is 0 Å². The Hall–Kier alpha value is -4.19. The van der Waals surface area contributed by atoms with Crippen LogP contribution in [0.2, 0.25) is 0 Å². The number of hydrogen-bond acceptors (Lipinski definition) is 8. The second kappa shape index (κ2) is 10.4. The van der Waals surface area contributed by atoms with Crippen LogP contribution in [-0.2, 0) is 6.54 Å². The second-order valence-corrected chi connectivity index (χ2v) is 8.05. The molecule has 0 atom stereocenters. The van der Waals surface area contributed by atoms with Crippen molar-refractivity contribution in [3.63, 3.8) is 0 Å². The molecule has 3 heterocycles. The third-order valence-corrected chi connectivity index (χ3v) is 5.54. The second-order valence-electron chi connectivity index (χ2n) is 8.05. The minimum atomic E-state index is -0.599. The normalized spacial score (nSPS) is 11.2. The SMILES string of the molecule is CN(CCN(C)c1ccc(F)cc1F)CCn1ccc2c(NNC(=O)c3ccco3)nc(N)nc21. The monoisotopic (exact) mass is 484 g/mol. The van der Waals surface area contributed by atoms with Crippen LogP contribution in [0.15, 0.2) is 53.3 Å². The molecular formula is C23H26F2N8O2. The zero-order valence-electron chi connectivity index (χ0n) is 19.3. The van der Waals surface area contributed by atoms with Crippen LogP contribution in [-0.4, -0.2) is 59.1 Å². The first-order valence-corrected chi connectivity index (χ1v) is 10.9. The van der Waals surface area contributed by atoms with Crippen molar-refractivity contribution in [1.29, 1.82) is 0 Å². The summed E-state index contributed by atoms with van der Waals surface area (Å²) in [5, 5.41) is 0.688. The zero-order chi connectivity index (χ0) is 24.9. The number of aromatic nitrogens is 3. The quantitative estimate of drug-likeness (QED) is 0.294. The Kier molecular flexibility index (Phi) is 7.11. The summed E-state index contributed by atoms with van der Waals surface area (Å²) in [6.45, 7) is 2.52. The number of furan rings is 1. The summed E-state index contributed by atoms with van der Waals surface area (Å²) < 4.78 is 34.1. The number of nitrogens with one attached hydrogen (secondary N) is 2. The number of rotatable bonds is 10. The lowest BCUT2D eigenvalue weighted by Crippen LogP contribution is -2.33. The van der Waals surface area contributed by atoms with E-state index in [2.05, 4.69) is 25.7 Å². The van der Waals surface area contributed by atoms with Gasteiger partial charge in [0.15, 0.2) is 11.6 Å². The maximum absolute atomic E-state index is 14.0. The van der Waals surface area contributed by atoms with Crippen LogP contribution in [0, 0.1) is 11.6 Å². The van der Waals surface area contributed by atoms with Gasteiger partial charge in [0, 0.05) is 45.5 Å². The molecule has 0 unspecified atom stereocenters. The van der Waals surface area contributed by atoms with Gasteiger partial charge in [-0.15, -0.1) is 0 Å². The molecule has 1 aromatic carbocycles. The van der Waals surface area contributed by atoms with Crippen LogP contribution in [0.25, 0.3) is 11.0 Å². The van der Waals surface area contributed by atoms with Crippen LogP contribution in [0.1, 0.15) is 10.6 Å². The fourth-order valence-electron chi connectivity index (χ4n) is 3.57. The third kappa shape index (κ3) is 5.66. The topological polar surface area (TPSA) is 117 Å². The third-order valence-electron chi connectivity index (χ3n) is 5.54. The number of likely N-dealkylation sites (N-methyl/N-ethyl adjacent to an activating group) is 2. The number of nitrogens with two attached hydrogens (primary N) is 1. The van der Waals surface area contributed by atoms with E-state index in [4.69, 9.17) is 10.2 Å². The lowest BCUT2D eigenvalue weighted by atomic mass is 10.2. The van der Waals surface area contributed by atoms with Gasteiger partial charge in [0.2, 0.25) is 5.95 Å². The van der Waals surface area contributed by atoms with E-state index in [0.717, 1.165) is 6.07 Å². The summed E-state index contributed by atoms with van der Waals surface area (Å²) in [4.78, 5) is 24.5. The number of amides is 1. The molecule has 35 heavy (non-hydrogen) atoms. The molecule has 0 radical (unpaired) electrons. The van der Waals surface area contributed by atoms with E-state index >= 15 is 0 Å². The standard InChI is InChI=1S/C23H26F2N8O2/c1-31(9-11-32(2)18-6-5-15(24)14-17(18)25)10-12-33-8-7-16-20(27-23(26)28-21(16)33)29-30-22(34)19-4-3-13-35-19/h3-8,13-14H,9-12H2,1-2H3,(H,30,34)(H3,26,27,28,29). The van der Waals surface area contributed by atoms with E-state index in [1.165, 1.54) is 18.4 Å². The molecule has 0 aliphatic carbocycles. The number of benzene rings is 1. The molecule has 0 bridgehead atoms. The molecule has 0 fully saturated rings. The number of halogens is 2. The molecule has 0 aliphatic rings. The molecule has 4 aromatic rings. The average Bonchev–Trinajstić information content (AvgIpc) is 3.50. The van der Waals surface area contributed by atoms with Crippen LogP contribution in [0.4, 0.5) is 26.2 Å². The highest BCUT2D eigenvalue weighted by Crippen LogP contribution is 2.22. The van der Waals surface area contributed by atoms with Crippen molar-refractivity contribution in [3.05, 3.63) is 66.3 Å². The van der Waals surface area contributed by atoms with E-state index in [-0.39, 0.29) is 11.7 Å². The Bertz CT molecular complexity index is 1310. The van der Waals surface area contributed by atoms with Crippen molar-refractivity contribution in [2.24, 2.45) is 0 Å². The predicted molar refractivity (Wildman–Crippen MR) is 129 cm³/mol. The minimum Gasteiger partial charge on any atom is -0.459 e. The summed E-state index contributed by atoms with van der Waals surface area (Å²) in [6, 6.07) is 8.55. The summed E-state index contributed by atoms with van der Waals surface area (Å²) in [5.74, 6) is -1.06. The molecule has 3 aromatic heterocycles. The van der Waals surface area contributed by atoms with Gasteiger partial charge in [-0.2, -0.15) is 9.97 Å². The van der Waals surface area contributed by atoms with Crippen molar-refractivity contribution >= 4 is 34.4 Å². The highest BCUT2D eigenvalue weighted by molar-refractivity contribution is 5.94. The predicted octanol–water partition coefficient (Wildman–Crippen LogP) is 2.71. The fraction of sp³-hybridized carbons (Fsp3) is 0.261. The molecule has 10 nitrogen and oxygen atoms in total. The van der Waals surface area contributed by atoms with Gasteiger partial charge >= 0.3 is 5.91 Å². The Morgan fingerprint density at radius 3 is 2.71 bits per heavy atom. The zero-order valence-corrected chi connectivity index (χ0v) is 19.3. The lowest BCUT2D eigenvalue weighted by molar-refractivity contribution is 0.0935. The first kappa shape index (κ1) is 24.0. The number of hydrazine groups is 1. The molecule has 0 spiro atoms. The number of carbonyl (C=O) groups is 1. The maximum atomic E-state index is 14.0. The molecule has 4 rings (SSSR count). The van der Waals surface area contributed by atoms with Crippen LogP contribution in [0.5, 0.6) is 0 Å². The van der Waals surface area contributed by atoms with Gasteiger partial charge in [-0.1, -0.05) is 0 Å². The van der Waals surface area contributed by atoms with Gasteiger partial charge in [0.25, 0.3) is 0 Å². The van der Waals surface area contributed by atoms with Crippen molar-refractivity contribution in [3.8, 4) is 0 Å². The molecule has 1 amide bonds. The molecule has 0 saturated carbocycles. The van der Waals surface area contributed by atoms with E-state index in [0.29, 0.717) is 48.7 Å². The largest absolute Gasteiger partial charge is 0.459 e. The molecule has 0 saturated heterocycles. The first-order valence-electron chi connectivity index (χ1n) is 10.9. The van der Waals surface area contributed by atoms with Crippen molar-refractivity contribution in [1.82, 2.24) is 24.9 Å². The summed E-state index contributed by atoms with van der Waals surface area (Å²) in [5.41, 5.74) is 12.2. The number of carbonyl (C=O) groups excluding carboxylic acids is 1. The van der Waals surface area contributed by atoms with Crippen molar-refractivity contribution < 1.29 is 18.0 Å². The van der Waals surface area contributed by atoms with Gasteiger partial charge in [0.1, 0.15) is 17.3 Å². The number of nitrogens with zero attached hydrogens (tertiary/aromatic N) is 5. The molecule has 4 N–H and O–H groups in total. The molecular weight excluding hydrogens is 458 g/mol. The van der Waals surface area contributed by atoms with Crippen LogP contribution < -0.4 is 21.5 Å². The Labute approximate surface area is 200 Å². The molecule has 0 aliphatic heterocycles. The number of nitrogen functional groups attached to an aromatic ring is 1. The molecule has 184 valence electrons.